The van der Waals surface area contributed by atoms with Crippen LogP contribution in [0.2, 0.25) is 10.0 Å². The van der Waals surface area contributed by atoms with Crippen LogP contribution < -0.4 is 0 Å². The van der Waals surface area contributed by atoms with Crippen LogP contribution in [0, 0.1) is 5.41 Å². The van der Waals surface area contributed by atoms with Crippen LogP contribution in [0.15, 0.2) is 24.3 Å². The van der Waals surface area contributed by atoms with E-state index in [1.165, 1.54) is 0 Å². The van der Waals surface area contributed by atoms with Crippen LogP contribution in [0.4, 0.5) is 0 Å². The number of ketones is 1. The summed E-state index contributed by atoms with van der Waals surface area (Å²) in [4.78, 5) is 15.6. The van der Waals surface area contributed by atoms with E-state index in [4.69, 9.17) is 23.2 Å². The van der Waals surface area contributed by atoms with Gasteiger partial charge >= 0.3 is 0 Å². The lowest BCUT2D eigenvalue weighted by Crippen LogP contribution is -2.26. The number of aromatic nitrogens is 1. The predicted octanol–water partition coefficient (Wildman–Crippen LogP) is 5.14. The van der Waals surface area contributed by atoms with Crippen LogP contribution >= 0.6 is 23.2 Å². The first-order chi connectivity index (χ1) is 9.35. The highest BCUT2D eigenvalue weighted by Gasteiger charge is 2.32. The van der Waals surface area contributed by atoms with Gasteiger partial charge < -0.3 is 4.98 Å². The Labute approximate surface area is 128 Å². The highest BCUT2D eigenvalue weighted by atomic mass is 35.5. The second-order valence-corrected chi connectivity index (χ2v) is 6.98. The quantitative estimate of drug-likeness (QED) is 0.777. The fourth-order valence-electron chi connectivity index (χ4n) is 2.81. The zero-order valence-electron chi connectivity index (χ0n) is 11.4. The molecule has 1 heterocycles. The molecule has 3 rings (SSSR count). The van der Waals surface area contributed by atoms with E-state index in [0.29, 0.717) is 16.5 Å². The maximum Gasteiger partial charge on any atom is 0.165 e. The van der Waals surface area contributed by atoms with Crippen LogP contribution in [0.1, 0.15) is 36.3 Å². The molecule has 20 heavy (non-hydrogen) atoms. The van der Waals surface area contributed by atoms with Crippen LogP contribution in [0.25, 0.3) is 11.3 Å². The third-order valence-corrected chi connectivity index (χ3v) is 4.26. The Kier molecular flexibility index (Phi) is 3.19. The second-order valence-electron chi connectivity index (χ2n) is 6.14. The first-order valence-corrected chi connectivity index (χ1v) is 7.32. The van der Waals surface area contributed by atoms with Gasteiger partial charge in [0, 0.05) is 34.0 Å². The standard InChI is InChI=1S/C16H15Cl2NO/c1-16(2)7-14-11(15(20)8-16)6-13(19-14)10-4-3-9(17)5-12(10)18/h3-6,19H,7-8H2,1-2H3. The Morgan fingerprint density at radius 1 is 1.10 bits per heavy atom. The van der Waals surface area contributed by atoms with Gasteiger partial charge in [-0.1, -0.05) is 37.0 Å². The number of aromatic amines is 1. The Bertz CT molecular complexity index is 700. The second kappa shape index (κ2) is 4.64. The summed E-state index contributed by atoms with van der Waals surface area (Å²) in [6.45, 7) is 4.23. The van der Waals surface area contributed by atoms with E-state index in [0.717, 1.165) is 28.9 Å². The minimum atomic E-state index is 0.00992. The lowest BCUT2D eigenvalue weighted by atomic mass is 9.76. The Balaban J connectivity index is 2.08. The molecule has 0 bridgehead atoms. The van der Waals surface area contributed by atoms with Crippen LogP contribution in [0.5, 0.6) is 0 Å². The molecular weight excluding hydrogens is 293 g/mol. The lowest BCUT2D eigenvalue weighted by molar-refractivity contribution is 0.0912. The van der Waals surface area contributed by atoms with Crippen molar-refractivity contribution in [2.45, 2.75) is 26.7 Å². The summed E-state index contributed by atoms with van der Waals surface area (Å²) in [5.41, 5.74) is 3.56. The van der Waals surface area contributed by atoms with Crippen molar-refractivity contribution < 1.29 is 4.79 Å². The summed E-state index contributed by atoms with van der Waals surface area (Å²) in [5.74, 6) is 0.198. The third kappa shape index (κ3) is 2.38. The molecule has 0 fully saturated rings. The zero-order valence-corrected chi connectivity index (χ0v) is 12.9. The van der Waals surface area contributed by atoms with Crippen LogP contribution in [0.3, 0.4) is 0 Å². The maximum atomic E-state index is 12.2. The molecule has 2 nitrogen and oxygen atoms in total. The molecule has 0 amide bonds. The summed E-state index contributed by atoms with van der Waals surface area (Å²) >= 11 is 12.1. The highest BCUT2D eigenvalue weighted by Crippen LogP contribution is 2.38. The fraction of sp³-hybridized carbons (Fsp3) is 0.312. The molecule has 2 aromatic rings. The number of halogens is 2. The minimum Gasteiger partial charge on any atom is -0.358 e. The summed E-state index contributed by atoms with van der Waals surface area (Å²) < 4.78 is 0. The normalized spacial score (nSPS) is 17.1. The lowest BCUT2D eigenvalue weighted by Gasteiger charge is -2.27. The molecule has 1 aromatic carbocycles. The van der Waals surface area contributed by atoms with Gasteiger partial charge in [0.1, 0.15) is 0 Å². The molecule has 1 aromatic heterocycles. The minimum absolute atomic E-state index is 0.00992. The number of carbonyl (C=O) groups excluding carboxylic acids is 1. The van der Waals surface area contributed by atoms with Crippen molar-refractivity contribution in [3.05, 3.63) is 45.6 Å². The molecule has 0 aliphatic heterocycles. The summed E-state index contributed by atoms with van der Waals surface area (Å²) in [5, 5.41) is 1.19. The summed E-state index contributed by atoms with van der Waals surface area (Å²) in [6.07, 6.45) is 1.46. The van der Waals surface area contributed by atoms with Crippen molar-refractivity contribution in [2.24, 2.45) is 5.41 Å². The van der Waals surface area contributed by atoms with Crippen molar-refractivity contribution in [1.82, 2.24) is 4.98 Å². The van der Waals surface area contributed by atoms with Crippen molar-refractivity contribution in [2.75, 3.05) is 0 Å². The number of carbonyl (C=O) groups is 1. The number of Topliss-reactive ketones (excluding diaryl/α,β-unsaturated/α-hetero) is 1. The number of H-pyrrole nitrogens is 1. The summed E-state index contributed by atoms with van der Waals surface area (Å²) in [7, 11) is 0. The van der Waals surface area contributed by atoms with Gasteiger partial charge in [-0.25, -0.2) is 0 Å². The largest absolute Gasteiger partial charge is 0.358 e. The van der Waals surface area contributed by atoms with E-state index in [9.17, 15) is 4.79 Å². The molecule has 1 aliphatic carbocycles. The van der Waals surface area contributed by atoms with E-state index in [1.807, 2.05) is 12.1 Å². The number of benzene rings is 1. The number of hydrogen-bond acceptors (Lipinski definition) is 1. The zero-order chi connectivity index (χ0) is 14.5. The van der Waals surface area contributed by atoms with E-state index < -0.39 is 0 Å². The molecular formula is C16H15Cl2NO. The van der Waals surface area contributed by atoms with Gasteiger partial charge in [0.2, 0.25) is 0 Å². The molecule has 4 heteroatoms. The molecule has 1 N–H and O–H groups in total. The Morgan fingerprint density at radius 3 is 2.55 bits per heavy atom. The van der Waals surface area contributed by atoms with E-state index in [2.05, 4.69) is 18.8 Å². The summed E-state index contributed by atoms with van der Waals surface area (Å²) in [6, 6.07) is 7.29. The molecule has 0 atom stereocenters. The average Bonchev–Trinajstić information content (AvgIpc) is 2.70. The third-order valence-electron chi connectivity index (χ3n) is 3.72. The van der Waals surface area contributed by atoms with Crippen LogP contribution in [-0.4, -0.2) is 10.8 Å². The number of nitrogens with one attached hydrogen (secondary N) is 1. The van der Waals surface area contributed by atoms with Gasteiger partial charge in [-0.3, -0.25) is 4.79 Å². The van der Waals surface area contributed by atoms with Gasteiger partial charge in [0.15, 0.2) is 5.78 Å². The van der Waals surface area contributed by atoms with Crippen molar-refractivity contribution in [1.29, 1.82) is 0 Å². The molecule has 1 aliphatic rings. The van der Waals surface area contributed by atoms with Crippen molar-refractivity contribution >= 4 is 29.0 Å². The predicted molar refractivity (Wildman–Crippen MR) is 82.7 cm³/mol. The average molecular weight is 308 g/mol. The number of rotatable bonds is 1. The van der Waals surface area contributed by atoms with Gasteiger partial charge in [0.25, 0.3) is 0 Å². The first-order valence-electron chi connectivity index (χ1n) is 6.56. The number of hydrogen-bond donors (Lipinski definition) is 1. The van der Waals surface area contributed by atoms with Gasteiger partial charge in [0.05, 0.1) is 5.02 Å². The maximum absolute atomic E-state index is 12.2. The molecule has 0 saturated carbocycles. The topological polar surface area (TPSA) is 32.9 Å². The monoisotopic (exact) mass is 307 g/mol. The first kappa shape index (κ1) is 13.7. The Morgan fingerprint density at radius 2 is 1.85 bits per heavy atom. The molecule has 0 spiro atoms. The highest BCUT2D eigenvalue weighted by molar-refractivity contribution is 6.36. The van der Waals surface area contributed by atoms with Crippen molar-refractivity contribution in [3.8, 4) is 11.3 Å². The van der Waals surface area contributed by atoms with E-state index in [1.54, 1.807) is 12.1 Å². The van der Waals surface area contributed by atoms with Crippen LogP contribution in [-0.2, 0) is 6.42 Å². The molecule has 0 saturated heterocycles. The fourth-order valence-corrected chi connectivity index (χ4v) is 3.32. The van der Waals surface area contributed by atoms with Gasteiger partial charge in [-0.15, -0.1) is 0 Å². The van der Waals surface area contributed by atoms with Gasteiger partial charge in [-0.2, -0.15) is 0 Å². The van der Waals surface area contributed by atoms with Crippen molar-refractivity contribution in [3.63, 3.8) is 0 Å². The molecule has 0 unspecified atom stereocenters. The van der Waals surface area contributed by atoms with E-state index >= 15 is 0 Å². The smallest absolute Gasteiger partial charge is 0.165 e. The SMILES string of the molecule is CC1(C)CC(=O)c2cc(-c3ccc(Cl)cc3Cl)[nH]c2C1. The Hall–Kier alpha value is -1.25. The molecule has 104 valence electrons. The number of fused-ring (bicyclic) bond motifs is 1. The van der Waals surface area contributed by atoms with Gasteiger partial charge in [-0.05, 0) is 36.1 Å². The molecule has 0 radical (unpaired) electrons. The van der Waals surface area contributed by atoms with E-state index in [-0.39, 0.29) is 11.2 Å².